The van der Waals surface area contributed by atoms with Crippen LogP contribution in [0.1, 0.15) is 19.8 Å². The Labute approximate surface area is 128 Å². The van der Waals surface area contributed by atoms with Crippen LogP contribution >= 0.6 is 15.9 Å². The topological polar surface area (TPSA) is 55.6 Å². The van der Waals surface area contributed by atoms with Gasteiger partial charge in [-0.15, -0.1) is 0 Å². The van der Waals surface area contributed by atoms with Crippen LogP contribution in [0.2, 0.25) is 0 Å². The molecule has 0 radical (unpaired) electrons. The van der Waals surface area contributed by atoms with Crippen LogP contribution < -0.4 is 10.5 Å². The molecular formula is C15H21BrN2O2. The van der Waals surface area contributed by atoms with Gasteiger partial charge in [0.25, 0.3) is 5.91 Å². The van der Waals surface area contributed by atoms with Crippen molar-refractivity contribution in [2.24, 2.45) is 11.7 Å². The molecule has 4 nitrogen and oxygen atoms in total. The summed E-state index contributed by atoms with van der Waals surface area (Å²) in [6, 6.07) is 7.57. The summed E-state index contributed by atoms with van der Waals surface area (Å²) in [4.78, 5) is 14.2. The van der Waals surface area contributed by atoms with Crippen LogP contribution in [0.5, 0.6) is 5.75 Å². The largest absolute Gasteiger partial charge is 0.480 e. The number of hydrogen-bond acceptors (Lipinski definition) is 3. The first-order valence-electron chi connectivity index (χ1n) is 7.02. The lowest BCUT2D eigenvalue weighted by molar-refractivity contribution is -0.139. The predicted molar refractivity (Wildman–Crippen MR) is 82.6 cm³/mol. The van der Waals surface area contributed by atoms with E-state index in [-0.39, 0.29) is 5.91 Å². The Kier molecular flexibility index (Phi) is 5.43. The number of likely N-dealkylation sites (tertiary alicyclic amines) is 1. The molecule has 1 aliphatic rings. The van der Waals surface area contributed by atoms with E-state index >= 15 is 0 Å². The molecule has 110 valence electrons. The van der Waals surface area contributed by atoms with Crippen molar-refractivity contribution in [3.8, 4) is 5.75 Å². The first-order valence-corrected chi connectivity index (χ1v) is 7.81. The number of carbonyl (C=O) groups excluding carboxylic acids is 1. The lowest BCUT2D eigenvalue weighted by atomic mass is 9.97. The van der Waals surface area contributed by atoms with Crippen molar-refractivity contribution in [2.45, 2.75) is 25.9 Å². The van der Waals surface area contributed by atoms with E-state index in [1.165, 1.54) is 0 Å². The van der Waals surface area contributed by atoms with E-state index in [1.54, 1.807) is 6.92 Å². The molecule has 0 aliphatic carbocycles. The Hall–Kier alpha value is -1.07. The molecule has 2 rings (SSSR count). The van der Waals surface area contributed by atoms with Crippen LogP contribution in [-0.2, 0) is 4.79 Å². The second-order valence-electron chi connectivity index (χ2n) is 5.19. The number of rotatable bonds is 4. The Morgan fingerprint density at radius 3 is 2.70 bits per heavy atom. The number of ether oxygens (including phenoxy) is 1. The van der Waals surface area contributed by atoms with Crippen LogP contribution in [0.4, 0.5) is 0 Å². The van der Waals surface area contributed by atoms with Crippen LogP contribution in [0.25, 0.3) is 0 Å². The number of nitrogens with zero attached hydrogens (tertiary/aromatic N) is 1. The van der Waals surface area contributed by atoms with Gasteiger partial charge in [-0.25, -0.2) is 0 Å². The van der Waals surface area contributed by atoms with Crippen molar-refractivity contribution in [3.05, 3.63) is 28.7 Å². The van der Waals surface area contributed by atoms with Crippen molar-refractivity contribution in [3.63, 3.8) is 0 Å². The number of benzene rings is 1. The van der Waals surface area contributed by atoms with Crippen molar-refractivity contribution < 1.29 is 9.53 Å². The fourth-order valence-electron chi connectivity index (χ4n) is 2.43. The number of halogens is 1. The van der Waals surface area contributed by atoms with Crippen LogP contribution in [0, 0.1) is 5.92 Å². The van der Waals surface area contributed by atoms with Gasteiger partial charge in [-0.2, -0.15) is 0 Å². The van der Waals surface area contributed by atoms with Crippen LogP contribution in [0.15, 0.2) is 28.7 Å². The fraction of sp³-hybridized carbons (Fsp3) is 0.533. The van der Waals surface area contributed by atoms with Gasteiger partial charge < -0.3 is 15.4 Å². The Morgan fingerprint density at radius 1 is 1.45 bits per heavy atom. The van der Waals surface area contributed by atoms with E-state index in [2.05, 4.69) is 15.9 Å². The van der Waals surface area contributed by atoms with E-state index in [4.69, 9.17) is 10.5 Å². The minimum Gasteiger partial charge on any atom is -0.480 e. The highest BCUT2D eigenvalue weighted by atomic mass is 79.9. The molecule has 1 unspecified atom stereocenters. The number of para-hydroxylation sites is 1. The minimum atomic E-state index is -0.469. The monoisotopic (exact) mass is 340 g/mol. The molecule has 0 saturated carbocycles. The molecule has 1 aromatic rings. The van der Waals surface area contributed by atoms with Crippen molar-refractivity contribution in [1.82, 2.24) is 4.90 Å². The summed E-state index contributed by atoms with van der Waals surface area (Å²) in [5, 5.41) is 0. The molecule has 0 bridgehead atoms. The maximum atomic E-state index is 12.4. The number of piperidine rings is 1. The number of carbonyl (C=O) groups is 1. The van der Waals surface area contributed by atoms with Gasteiger partial charge in [0.15, 0.2) is 6.10 Å². The molecule has 1 fully saturated rings. The van der Waals surface area contributed by atoms with Crippen LogP contribution in [0.3, 0.4) is 0 Å². The molecule has 0 aromatic heterocycles. The normalized spacial score (nSPS) is 17.9. The summed E-state index contributed by atoms with van der Waals surface area (Å²) < 4.78 is 6.61. The second kappa shape index (κ2) is 7.09. The van der Waals surface area contributed by atoms with E-state index < -0.39 is 6.10 Å². The number of amides is 1. The summed E-state index contributed by atoms with van der Waals surface area (Å²) in [5.74, 6) is 1.31. The molecule has 20 heavy (non-hydrogen) atoms. The van der Waals surface area contributed by atoms with Gasteiger partial charge in [-0.1, -0.05) is 12.1 Å². The third kappa shape index (κ3) is 3.73. The first-order chi connectivity index (χ1) is 9.61. The molecule has 1 heterocycles. The summed E-state index contributed by atoms with van der Waals surface area (Å²) in [6.45, 7) is 4.08. The summed E-state index contributed by atoms with van der Waals surface area (Å²) >= 11 is 3.42. The summed E-state index contributed by atoms with van der Waals surface area (Å²) in [7, 11) is 0. The van der Waals surface area contributed by atoms with Gasteiger partial charge in [0.2, 0.25) is 0 Å². The maximum Gasteiger partial charge on any atom is 0.263 e. The highest BCUT2D eigenvalue weighted by molar-refractivity contribution is 9.10. The molecule has 0 spiro atoms. The number of nitrogens with two attached hydrogens (primary N) is 1. The Balaban J connectivity index is 1.91. The van der Waals surface area contributed by atoms with Gasteiger partial charge in [0.05, 0.1) is 4.47 Å². The molecule has 1 saturated heterocycles. The molecule has 1 atom stereocenters. The Bertz CT molecular complexity index is 459. The summed E-state index contributed by atoms with van der Waals surface area (Å²) in [5.41, 5.74) is 5.67. The van der Waals surface area contributed by atoms with Crippen molar-refractivity contribution >= 4 is 21.8 Å². The zero-order chi connectivity index (χ0) is 14.5. The first kappa shape index (κ1) is 15.3. The molecule has 1 aliphatic heterocycles. The lowest BCUT2D eigenvalue weighted by Crippen LogP contribution is -2.45. The maximum absolute atomic E-state index is 12.4. The highest BCUT2D eigenvalue weighted by Crippen LogP contribution is 2.25. The average Bonchev–Trinajstić information content (AvgIpc) is 2.49. The van der Waals surface area contributed by atoms with E-state index in [9.17, 15) is 4.79 Å². The van der Waals surface area contributed by atoms with Crippen molar-refractivity contribution in [1.29, 1.82) is 0 Å². The highest BCUT2D eigenvalue weighted by Gasteiger charge is 2.26. The molecule has 1 aromatic carbocycles. The van der Waals surface area contributed by atoms with E-state index in [0.717, 1.165) is 30.4 Å². The van der Waals surface area contributed by atoms with E-state index in [1.807, 2.05) is 29.2 Å². The standard InChI is InChI=1S/C15H21BrN2O2/c1-11(20-14-5-3-2-4-13(14)16)15(19)18-8-6-12(10-17)7-9-18/h2-5,11-12H,6-10,17H2,1H3. The van der Waals surface area contributed by atoms with Crippen molar-refractivity contribution in [2.75, 3.05) is 19.6 Å². The molecular weight excluding hydrogens is 320 g/mol. The smallest absolute Gasteiger partial charge is 0.263 e. The van der Waals surface area contributed by atoms with Gasteiger partial charge >= 0.3 is 0 Å². The minimum absolute atomic E-state index is 0.0521. The van der Waals surface area contributed by atoms with Gasteiger partial charge in [0, 0.05) is 13.1 Å². The molecule has 5 heteroatoms. The molecule has 2 N–H and O–H groups in total. The zero-order valence-electron chi connectivity index (χ0n) is 11.7. The lowest BCUT2D eigenvalue weighted by Gasteiger charge is -2.33. The second-order valence-corrected chi connectivity index (χ2v) is 6.05. The fourth-order valence-corrected chi connectivity index (χ4v) is 2.81. The summed E-state index contributed by atoms with van der Waals surface area (Å²) in [6.07, 6.45) is 1.51. The predicted octanol–water partition coefficient (Wildman–Crippen LogP) is 2.41. The average molecular weight is 341 g/mol. The third-order valence-corrected chi connectivity index (χ3v) is 4.40. The zero-order valence-corrected chi connectivity index (χ0v) is 13.3. The van der Waals surface area contributed by atoms with Gasteiger partial charge in [-0.3, -0.25) is 4.79 Å². The van der Waals surface area contributed by atoms with E-state index in [0.29, 0.717) is 18.2 Å². The SMILES string of the molecule is CC(Oc1ccccc1Br)C(=O)N1CCC(CN)CC1. The quantitative estimate of drug-likeness (QED) is 0.915. The third-order valence-electron chi connectivity index (χ3n) is 3.75. The van der Waals surface area contributed by atoms with Gasteiger partial charge in [0.1, 0.15) is 5.75 Å². The van der Waals surface area contributed by atoms with Gasteiger partial charge in [-0.05, 0) is 60.3 Å². The Morgan fingerprint density at radius 2 is 2.10 bits per heavy atom. The number of hydrogen-bond donors (Lipinski definition) is 1. The molecule has 1 amide bonds. The van der Waals surface area contributed by atoms with Crippen LogP contribution in [-0.4, -0.2) is 36.5 Å².